The number of hydrogen-bond donors (Lipinski definition) is 2. The van der Waals surface area contributed by atoms with Gasteiger partial charge in [0, 0.05) is 25.7 Å². The molecule has 1 saturated heterocycles. The minimum atomic E-state index is -3.79. The first-order valence-electron chi connectivity index (χ1n) is 11.7. The number of ether oxygens (including phenoxy) is 3. The van der Waals surface area contributed by atoms with Gasteiger partial charge in [0.2, 0.25) is 15.8 Å². The van der Waals surface area contributed by atoms with Crippen molar-refractivity contribution in [2.75, 3.05) is 38.7 Å². The molecule has 1 fully saturated rings. The molecule has 2 heterocycles. The Balaban J connectivity index is 1.38. The first-order chi connectivity index (χ1) is 16.8. The number of aromatic nitrogens is 1. The second-order valence-electron chi connectivity index (χ2n) is 8.38. The molecule has 1 aliphatic rings. The lowest BCUT2D eigenvalue weighted by Crippen LogP contribution is -2.38. The van der Waals surface area contributed by atoms with Gasteiger partial charge in [-0.2, -0.15) is 4.98 Å². The Morgan fingerprint density at radius 2 is 1.77 bits per heavy atom. The largest absolute Gasteiger partial charge is 0.490 e. The zero-order valence-electron chi connectivity index (χ0n) is 20.2. The highest BCUT2D eigenvalue weighted by atomic mass is 32.2. The highest BCUT2D eigenvalue weighted by Gasteiger charge is 2.22. The summed E-state index contributed by atoms with van der Waals surface area (Å²) in [6.07, 6.45) is 1.82. The van der Waals surface area contributed by atoms with Crippen molar-refractivity contribution in [3.63, 3.8) is 0 Å². The maximum atomic E-state index is 11.6. The van der Waals surface area contributed by atoms with Crippen LogP contribution in [0.15, 0.2) is 39.6 Å². The Labute approximate surface area is 205 Å². The van der Waals surface area contributed by atoms with Gasteiger partial charge in [0.1, 0.15) is 5.52 Å². The average molecular weight is 505 g/mol. The van der Waals surface area contributed by atoms with E-state index in [-0.39, 0.29) is 10.9 Å². The molecule has 4 rings (SSSR count). The molecule has 10 nitrogen and oxygen atoms in total. The van der Waals surface area contributed by atoms with Gasteiger partial charge in [-0.25, -0.2) is 13.6 Å². The number of fused-ring (bicyclic) bond motifs is 1. The minimum Gasteiger partial charge on any atom is -0.490 e. The molecule has 35 heavy (non-hydrogen) atoms. The Kier molecular flexibility index (Phi) is 7.68. The fraction of sp³-hybridized carbons (Fsp3) is 0.458. The lowest BCUT2D eigenvalue weighted by Gasteiger charge is -2.32. The van der Waals surface area contributed by atoms with Crippen molar-refractivity contribution in [2.45, 2.75) is 44.2 Å². The first-order valence-corrected chi connectivity index (χ1v) is 13.2. The van der Waals surface area contributed by atoms with Crippen molar-refractivity contribution in [3.05, 3.63) is 35.9 Å². The van der Waals surface area contributed by atoms with Crippen LogP contribution in [0.5, 0.6) is 17.2 Å². The van der Waals surface area contributed by atoms with Crippen molar-refractivity contribution in [2.24, 2.45) is 5.14 Å². The van der Waals surface area contributed by atoms with Crippen molar-refractivity contribution >= 4 is 27.1 Å². The minimum absolute atomic E-state index is 0.0108. The molecule has 2 aromatic carbocycles. The Morgan fingerprint density at radius 1 is 1.11 bits per heavy atom. The van der Waals surface area contributed by atoms with Crippen LogP contribution in [-0.4, -0.2) is 57.8 Å². The van der Waals surface area contributed by atoms with Crippen LogP contribution in [0.25, 0.3) is 11.1 Å². The number of piperidine rings is 1. The summed E-state index contributed by atoms with van der Waals surface area (Å²) >= 11 is 0. The van der Waals surface area contributed by atoms with E-state index in [4.69, 9.17) is 23.8 Å². The smallest absolute Gasteiger partial charge is 0.295 e. The quantitative estimate of drug-likeness (QED) is 0.427. The molecular formula is C24H32N4O6S. The molecule has 1 aromatic heterocycles. The Morgan fingerprint density at radius 3 is 2.34 bits per heavy atom. The first kappa shape index (κ1) is 25.1. The summed E-state index contributed by atoms with van der Waals surface area (Å²) in [6, 6.07) is 9.01. The molecule has 0 saturated carbocycles. The molecule has 0 aliphatic carbocycles. The van der Waals surface area contributed by atoms with Crippen LogP contribution in [0.4, 0.5) is 6.01 Å². The van der Waals surface area contributed by atoms with E-state index in [2.05, 4.69) is 15.2 Å². The van der Waals surface area contributed by atoms with Gasteiger partial charge in [0.15, 0.2) is 17.1 Å². The zero-order valence-corrected chi connectivity index (χ0v) is 21.1. The number of nitrogens with zero attached hydrogens (tertiary/aromatic N) is 2. The maximum Gasteiger partial charge on any atom is 0.295 e. The normalized spacial score (nSPS) is 15.3. The fourth-order valence-corrected chi connectivity index (χ4v) is 4.80. The lowest BCUT2D eigenvalue weighted by molar-refractivity contribution is 0.209. The van der Waals surface area contributed by atoms with Crippen molar-refractivity contribution in [1.29, 1.82) is 0 Å². The molecule has 0 radical (unpaired) electrons. The summed E-state index contributed by atoms with van der Waals surface area (Å²) in [5.74, 6) is 2.00. The average Bonchev–Trinajstić information content (AvgIpc) is 3.22. The van der Waals surface area contributed by atoms with E-state index in [0.29, 0.717) is 47.6 Å². The molecule has 0 unspecified atom stereocenters. The van der Waals surface area contributed by atoms with Gasteiger partial charge in [-0.3, -0.25) is 4.90 Å². The van der Waals surface area contributed by atoms with Crippen LogP contribution in [0.1, 0.15) is 32.3 Å². The van der Waals surface area contributed by atoms with Crippen LogP contribution >= 0.6 is 0 Å². The second kappa shape index (κ2) is 10.7. The number of rotatable bonds is 10. The van der Waals surface area contributed by atoms with Crippen LogP contribution in [0.3, 0.4) is 0 Å². The van der Waals surface area contributed by atoms with Gasteiger partial charge in [0.05, 0.1) is 25.2 Å². The molecule has 0 amide bonds. The van der Waals surface area contributed by atoms with Gasteiger partial charge >= 0.3 is 0 Å². The van der Waals surface area contributed by atoms with Crippen molar-refractivity contribution in [1.82, 2.24) is 9.88 Å². The predicted molar refractivity (Wildman–Crippen MR) is 133 cm³/mol. The number of primary sulfonamides is 1. The number of likely N-dealkylation sites (tertiary alicyclic amines) is 1. The summed E-state index contributed by atoms with van der Waals surface area (Å²) in [5.41, 5.74) is 2.06. The van der Waals surface area contributed by atoms with E-state index in [0.717, 1.165) is 38.0 Å². The topological polar surface area (TPSA) is 129 Å². The summed E-state index contributed by atoms with van der Waals surface area (Å²) in [4.78, 5) is 6.78. The SMILES string of the molecule is CCOc1cc(CN2CCC(Nc3nc4cc(S(N)(=O)=O)ccc4o3)CC2)cc(OCC)c1OC. The van der Waals surface area contributed by atoms with Crippen molar-refractivity contribution < 1.29 is 27.0 Å². The maximum absolute atomic E-state index is 11.6. The molecule has 11 heteroatoms. The standard InChI is InChI=1S/C24H32N4O6S/c1-4-32-21-12-16(13-22(33-5-2)23(21)31-3)15-28-10-8-17(9-11-28)26-24-27-19-14-18(35(25,29)30)6-7-20(19)34-24/h6-7,12-14,17H,4-5,8-11,15H2,1-3H3,(H,26,27)(H2,25,29,30). The van der Waals surface area contributed by atoms with Crippen LogP contribution in [0.2, 0.25) is 0 Å². The van der Waals surface area contributed by atoms with Gasteiger partial charge in [0.25, 0.3) is 6.01 Å². The zero-order chi connectivity index (χ0) is 25.0. The van der Waals surface area contributed by atoms with E-state index in [9.17, 15) is 8.42 Å². The number of nitrogens with one attached hydrogen (secondary N) is 1. The lowest BCUT2D eigenvalue weighted by atomic mass is 10.0. The van der Waals surface area contributed by atoms with Gasteiger partial charge in [-0.15, -0.1) is 0 Å². The number of hydrogen-bond acceptors (Lipinski definition) is 9. The third-order valence-electron chi connectivity index (χ3n) is 5.89. The number of methoxy groups -OCH3 is 1. The molecule has 190 valence electrons. The summed E-state index contributed by atoms with van der Waals surface area (Å²) in [7, 11) is -2.17. The number of sulfonamides is 1. The summed E-state index contributed by atoms with van der Waals surface area (Å²) in [5, 5.41) is 8.54. The molecule has 0 spiro atoms. The van der Waals surface area contributed by atoms with E-state index in [1.165, 1.54) is 12.1 Å². The number of benzene rings is 2. The van der Waals surface area contributed by atoms with Crippen LogP contribution < -0.4 is 24.7 Å². The van der Waals surface area contributed by atoms with E-state index in [1.54, 1.807) is 13.2 Å². The third-order valence-corrected chi connectivity index (χ3v) is 6.80. The molecule has 0 atom stereocenters. The predicted octanol–water partition coefficient (Wildman–Crippen LogP) is 3.36. The van der Waals surface area contributed by atoms with E-state index in [1.807, 2.05) is 26.0 Å². The molecule has 1 aliphatic heterocycles. The Bertz CT molecular complexity index is 1240. The number of nitrogens with two attached hydrogens (primary N) is 1. The van der Waals surface area contributed by atoms with E-state index >= 15 is 0 Å². The number of anilines is 1. The van der Waals surface area contributed by atoms with Crippen LogP contribution in [0, 0.1) is 0 Å². The highest BCUT2D eigenvalue weighted by molar-refractivity contribution is 7.89. The Hall–Kier alpha value is -3.02. The second-order valence-corrected chi connectivity index (χ2v) is 9.94. The van der Waals surface area contributed by atoms with Gasteiger partial charge < -0.3 is 23.9 Å². The van der Waals surface area contributed by atoms with E-state index < -0.39 is 10.0 Å². The van der Waals surface area contributed by atoms with Gasteiger partial charge in [-0.1, -0.05) is 0 Å². The number of oxazole rings is 1. The monoisotopic (exact) mass is 504 g/mol. The van der Waals surface area contributed by atoms with Crippen molar-refractivity contribution in [3.8, 4) is 17.2 Å². The summed E-state index contributed by atoms with van der Waals surface area (Å²) in [6.45, 7) is 7.54. The highest BCUT2D eigenvalue weighted by Crippen LogP contribution is 2.39. The molecule has 3 aromatic rings. The molecule has 3 N–H and O–H groups in total. The third kappa shape index (κ3) is 5.98. The van der Waals surface area contributed by atoms with Gasteiger partial charge in [-0.05, 0) is 62.6 Å². The summed E-state index contributed by atoms with van der Waals surface area (Å²) < 4.78 is 46.0. The van der Waals surface area contributed by atoms with Crippen LogP contribution in [-0.2, 0) is 16.6 Å². The fourth-order valence-electron chi connectivity index (χ4n) is 4.26. The molecular weight excluding hydrogens is 472 g/mol. The molecule has 0 bridgehead atoms.